The van der Waals surface area contributed by atoms with Crippen molar-refractivity contribution in [3.8, 4) is 5.75 Å². The van der Waals surface area contributed by atoms with Gasteiger partial charge in [-0.2, -0.15) is 4.37 Å². The Balaban J connectivity index is 1.93. The average molecular weight is 279 g/mol. The number of rotatable bonds is 7. The number of para-hydroxylation sites is 1. The van der Waals surface area contributed by atoms with Crippen LogP contribution >= 0.6 is 11.5 Å². The number of anilines is 1. The Kier molecular flexibility index (Phi) is 5.11. The number of nitrogens with zero attached hydrogens (tertiary/aromatic N) is 2. The first-order valence-corrected chi connectivity index (χ1v) is 6.78. The first kappa shape index (κ1) is 13.8. The molecule has 1 aromatic heterocycles. The largest absolute Gasteiger partial charge is 0.496 e. The Morgan fingerprint density at radius 1 is 1.26 bits per heavy atom. The minimum Gasteiger partial charge on any atom is -0.496 e. The van der Waals surface area contributed by atoms with Crippen LogP contribution in [0.4, 0.5) is 5.13 Å². The number of aromatic nitrogens is 2. The summed E-state index contributed by atoms with van der Waals surface area (Å²) >= 11 is 1.36. The van der Waals surface area contributed by atoms with Crippen molar-refractivity contribution < 1.29 is 9.47 Å². The number of methoxy groups -OCH3 is 2. The third kappa shape index (κ3) is 3.90. The van der Waals surface area contributed by atoms with E-state index in [1.54, 1.807) is 14.2 Å². The van der Waals surface area contributed by atoms with Gasteiger partial charge in [0.2, 0.25) is 5.13 Å². The molecule has 19 heavy (non-hydrogen) atoms. The van der Waals surface area contributed by atoms with Crippen LogP contribution in [-0.4, -0.2) is 30.2 Å². The number of ether oxygens (including phenoxy) is 2. The van der Waals surface area contributed by atoms with E-state index in [4.69, 9.17) is 9.47 Å². The van der Waals surface area contributed by atoms with Gasteiger partial charge >= 0.3 is 0 Å². The second kappa shape index (κ2) is 7.06. The predicted octanol–water partition coefficient (Wildman–Crippen LogP) is 2.35. The summed E-state index contributed by atoms with van der Waals surface area (Å²) in [6, 6.07) is 7.92. The molecule has 0 aliphatic rings. The molecular weight excluding hydrogens is 262 g/mol. The van der Waals surface area contributed by atoms with Crippen LogP contribution in [0.2, 0.25) is 0 Å². The zero-order valence-corrected chi connectivity index (χ0v) is 11.9. The van der Waals surface area contributed by atoms with Crippen LogP contribution in [0.25, 0.3) is 0 Å². The van der Waals surface area contributed by atoms with Crippen LogP contribution in [0.1, 0.15) is 11.4 Å². The van der Waals surface area contributed by atoms with Gasteiger partial charge in [0.15, 0.2) is 0 Å². The molecule has 1 aromatic carbocycles. The highest BCUT2D eigenvalue weighted by Crippen LogP contribution is 2.19. The summed E-state index contributed by atoms with van der Waals surface area (Å²) in [7, 11) is 3.35. The van der Waals surface area contributed by atoms with Crippen molar-refractivity contribution in [3.05, 3.63) is 35.7 Å². The first-order valence-electron chi connectivity index (χ1n) is 6.00. The number of nitrogens with one attached hydrogen (secondary N) is 1. The van der Waals surface area contributed by atoms with Gasteiger partial charge in [0.1, 0.15) is 11.6 Å². The molecule has 0 aliphatic carbocycles. The van der Waals surface area contributed by atoms with Crippen molar-refractivity contribution in [1.82, 2.24) is 9.36 Å². The van der Waals surface area contributed by atoms with Gasteiger partial charge in [-0.1, -0.05) is 18.2 Å². The van der Waals surface area contributed by atoms with Gasteiger partial charge in [-0.15, -0.1) is 0 Å². The van der Waals surface area contributed by atoms with Crippen LogP contribution in [-0.2, 0) is 17.7 Å². The highest BCUT2D eigenvalue weighted by molar-refractivity contribution is 7.09. The van der Waals surface area contributed by atoms with Crippen LogP contribution in [0.5, 0.6) is 5.75 Å². The Morgan fingerprint density at radius 2 is 2.11 bits per heavy atom. The maximum atomic E-state index is 5.30. The van der Waals surface area contributed by atoms with Crippen molar-refractivity contribution >= 4 is 16.7 Å². The molecule has 2 rings (SSSR count). The van der Waals surface area contributed by atoms with Crippen molar-refractivity contribution in [2.24, 2.45) is 0 Å². The number of hydrogen-bond acceptors (Lipinski definition) is 6. The molecule has 0 radical (unpaired) electrons. The molecule has 2 aromatic rings. The molecule has 0 amide bonds. The van der Waals surface area contributed by atoms with Gasteiger partial charge in [-0.25, -0.2) is 4.98 Å². The van der Waals surface area contributed by atoms with Gasteiger partial charge < -0.3 is 14.8 Å². The Morgan fingerprint density at radius 3 is 2.89 bits per heavy atom. The van der Waals surface area contributed by atoms with Crippen LogP contribution < -0.4 is 10.1 Å². The monoisotopic (exact) mass is 279 g/mol. The van der Waals surface area contributed by atoms with Gasteiger partial charge in [-0.05, 0) is 6.07 Å². The van der Waals surface area contributed by atoms with E-state index in [0.717, 1.165) is 28.7 Å². The summed E-state index contributed by atoms with van der Waals surface area (Å²) in [5.74, 6) is 1.69. The normalized spacial score (nSPS) is 10.4. The lowest BCUT2D eigenvalue weighted by molar-refractivity contribution is 0.201. The van der Waals surface area contributed by atoms with Crippen molar-refractivity contribution in [3.63, 3.8) is 0 Å². The second-order valence-electron chi connectivity index (χ2n) is 3.92. The third-order valence-electron chi connectivity index (χ3n) is 2.62. The Hall–Kier alpha value is -1.66. The molecular formula is C13H17N3O2S. The molecule has 0 saturated heterocycles. The lowest BCUT2D eigenvalue weighted by Crippen LogP contribution is -2.02. The van der Waals surface area contributed by atoms with E-state index in [1.165, 1.54) is 11.5 Å². The predicted molar refractivity (Wildman–Crippen MR) is 75.8 cm³/mol. The van der Waals surface area contributed by atoms with E-state index in [-0.39, 0.29) is 0 Å². The quantitative estimate of drug-likeness (QED) is 0.843. The highest BCUT2D eigenvalue weighted by atomic mass is 32.1. The maximum absolute atomic E-state index is 5.30. The smallest absolute Gasteiger partial charge is 0.202 e. The van der Waals surface area contributed by atoms with Gasteiger partial charge in [-0.3, -0.25) is 0 Å². The minimum atomic E-state index is 0.642. The fourth-order valence-electron chi connectivity index (χ4n) is 1.64. The summed E-state index contributed by atoms with van der Waals surface area (Å²) in [5.41, 5.74) is 1.10. The molecule has 1 N–H and O–H groups in total. The summed E-state index contributed by atoms with van der Waals surface area (Å²) < 4.78 is 14.6. The zero-order chi connectivity index (χ0) is 13.5. The van der Waals surface area contributed by atoms with Crippen molar-refractivity contribution in [2.75, 3.05) is 26.1 Å². The molecule has 1 heterocycles. The number of hydrogen-bond donors (Lipinski definition) is 1. The van der Waals surface area contributed by atoms with Gasteiger partial charge in [0, 0.05) is 37.2 Å². The molecule has 0 atom stereocenters. The van der Waals surface area contributed by atoms with Crippen molar-refractivity contribution in [1.29, 1.82) is 0 Å². The molecule has 0 bridgehead atoms. The lowest BCUT2D eigenvalue weighted by Gasteiger charge is -2.07. The lowest BCUT2D eigenvalue weighted by atomic mass is 10.2. The summed E-state index contributed by atoms with van der Waals surface area (Å²) in [6.07, 6.45) is 0.739. The third-order valence-corrected chi connectivity index (χ3v) is 3.33. The second-order valence-corrected chi connectivity index (χ2v) is 4.68. The van der Waals surface area contributed by atoms with Gasteiger partial charge in [0.05, 0.1) is 13.7 Å². The Bertz CT molecular complexity index is 516. The summed E-state index contributed by atoms with van der Waals surface area (Å²) in [5, 5.41) is 4.07. The van der Waals surface area contributed by atoms with Crippen LogP contribution in [0, 0.1) is 0 Å². The van der Waals surface area contributed by atoms with Crippen LogP contribution in [0.15, 0.2) is 24.3 Å². The molecule has 0 aliphatic heterocycles. The zero-order valence-electron chi connectivity index (χ0n) is 11.0. The molecule has 0 spiro atoms. The van der Waals surface area contributed by atoms with Crippen LogP contribution in [0.3, 0.4) is 0 Å². The standard InChI is InChI=1S/C13H17N3O2S/c1-17-8-7-12-15-13(19-16-12)14-9-10-5-3-4-6-11(10)18-2/h3-6H,7-9H2,1-2H3,(H,14,15,16). The maximum Gasteiger partial charge on any atom is 0.202 e. The molecule has 6 heteroatoms. The molecule has 0 saturated carbocycles. The molecule has 5 nitrogen and oxygen atoms in total. The average Bonchev–Trinajstić information content (AvgIpc) is 2.91. The van der Waals surface area contributed by atoms with E-state index in [9.17, 15) is 0 Å². The fourth-order valence-corrected chi connectivity index (χ4v) is 2.25. The van der Waals surface area contributed by atoms with Gasteiger partial charge in [0.25, 0.3) is 0 Å². The summed E-state index contributed by atoms with van der Waals surface area (Å²) in [6.45, 7) is 1.31. The minimum absolute atomic E-state index is 0.642. The molecule has 0 fully saturated rings. The van der Waals surface area contributed by atoms with E-state index >= 15 is 0 Å². The fraction of sp³-hybridized carbons (Fsp3) is 0.385. The van der Waals surface area contributed by atoms with E-state index in [1.807, 2.05) is 24.3 Å². The van der Waals surface area contributed by atoms with E-state index < -0.39 is 0 Å². The summed E-state index contributed by atoms with van der Waals surface area (Å²) in [4.78, 5) is 4.39. The molecule has 0 unspecified atom stereocenters. The SMILES string of the molecule is COCCc1nsc(NCc2ccccc2OC)n1. The first-order chi connectivity index (χ1) is 9.33. The van der Waals surface area contributed by atoms with E-state index in [2.05, 4.69) is 14.7 Å². The number of benzene rings is 1. The van der Waals surface area contributed by atoms with E-state index in [0.29, 0.717) is 13.2 Å². The molecule has 102 valence electrons. The topological polar surface area (TPSA) is 56.3 Å². The van der Waals surface area contributed by atoms with Crippen molar-refractivity contribution in [2.45, 2.75) is 13.0 Å². The highest BCUT2D eigenvalue weighted by Gasteiger charge is 2.05. The Labute approximate surface area is 116 Å².